The van der Waals surface area contributed by atoms with Gasteiger partial charge in [0.2, 0.25) is 0 Å². The van der Waals surface area contributed by atoms with Crippen LogP contribution in [0.25, 0.3) is 0 Å². The molecule has 3 N–H and O–H groups in total. The van der Waals surface area contributed by atoms with Gasteiger partial charge in [0.1, 0.15) is 15.6 Å². The summed E-state index contributed by atoms with van der Waals surface area (Å²) in [6, 6.07) is 1.84. The van der Waals surface area contributed by atoms with Crippen LogP contribution in [0, 0.1) is 0 Å². The van der Waals surface area contributed by atoms with Crippen molar-refractivity contribution in [2.24, 2.45) is 5.84 Å². The maximum Gasteiger partial charge on any atom is 0.150 e. The van der Waals surface area contributed by atoms with E-state index in [4.69, 9.17) is 10.3 Å². The number of hydrogen-bond acceptors (Lipinski definition) is 5. The van der Waals surface area contributed by atoms with E-state index in [0.717, 1.165) is 17.7 Å². The Hall–Kier alpha value is -0.850. The molecule has 0 aliphatic heterocycles. The highest BCUT2D eigenvalue weighted by molar-refractivity contribution is 7.91. The molecule has 1 heterocycles. The van der Waals surface area contributed by atoms with Crippen molar-refractivity contribution < 1.29 is 12.8 Å². The standard InChI is InChI=1S/C12H22N2O3S/c1-3-12-10(7-8-17-12)11(14-13)6-5-9-18(15,16)4-2/h7-8,11,14H,3-6,9,13H2,1-2H3. The molecular formula is C12H22N2O3S. The van der Waals surface area contributed by atoms with Gasteiger partial charge in [0.25, 0.3) is 0 Å². The summed E-state index contributed by atoms with van der Waals surface area (Å²) in [7, 11) is -2.90. The van der Waals surface area contributed by atoms with Gasteiger partial charge in [-0.3, -0.25) is 11.3 Å². The minimum atomic E-state index is -2.90. The molecule has 0 saturated carbocycles. The summed E-state index contributed by atoms with van der Waals surface area (Å²) in [6.07, 6.45) is 3.72. The number of hydrazine groups is 1. The second-order valence-corrected chi connectivity index (χ2v) is 6.72. The zero-order valence-electron chi connectivity index (χ0n) is 11.0. The first-order valence-electron chi connectivity index (χ1n) is 6.26. The SMILES string of the molecule is CCc1occc1C(CCCS(=O)(=O)CC)NN. The van der Waals surface area contributed by atoms with Crippen LogP contribution in [0.5, 0.6) is 0 Å². The molecule has 5 nitrogen and oxygen atoms in total. The van der Waals surface area contributed by atoms with E-state index in [0.29, 0.717) is 12.8 Å². The van der Waals surface area contributed by atoms with Crippen LogP contribution in [0.3, 0.4) is 0 Å². The molecule has 1 rings (SSSR count). The van der Waals surface area contributed by atoms with Gasteiger partial charge in [-0.15, -0.1) is 0 Å². The molecule has 0 radical (unpaired) electrons. The Morgan fingerprint density at radius 1 is 1.44 bits per heavy atom. The quantitative estimate of drug-likeness (QED) is 0.555. The third kappa shape index (κ3) is 4.12. The summed E-state index contributed by atoms with van der Waals surface area (Å²) in [5.41, 5.74) is 3.75. The maximum absolute atomic E-state index is 11.4. The Bertz CT molecular complexity index is 454. The minimum absolute atomic E-state index is 0.0502. The first-order chi connectivity index (χ1) is 8.54. The average Bonchev–Trinajstić information content (AvgIpc) is 2.82. The molecule has 0 spiro atoms. The van der Waals surface area contributed by atoms with Crippen LogP contribution in [0.15, 0.2) is 16.7 Å². The predicted octanol–water partition coefficient (Wildman–Crippen LogP) is 1.56. The molecule has 1 atom stereocenters. The largest absolute Gasteiger partial charge is 0.469 e. The van der Waals surface area contributed by atoms with Gasteiger partial charge >= 0.3 is 0 Å². The van der Waals surface area contributed by atoms with Crippen molar-refractivity contribution >= 4 is 9.84 Å². The number of hydrogen-bond donors (Lipinski definition) is 2. The number of aryl methyl sites for hydroxylation is 1. The first-order valence-corrected chi connectivity index (χ1v) is 8.09. The van der Waals surface area contributed by atoms with Crippen molar-refractivity contribution in [1.82, 2.24) is 5.43 Å². The van der Waals surface area contributed by atoms with E-state index < -0.39 is 9.84 Å². The molecule has 104 valence electrons. The lowest BCUT2D eigenvalue weighted by Crippen LogP contribution is -2.28. The molecule has 0 fully saturated rings. The van der Waals surface area contributed by atoms with Gasteiger partial charge < -0.3 is 4.42 Å². The van der Waals surface area contributed by atoms with Gasteiger partial charge in [0.15, 0.2) is 0 Å². The Kier molecular flexibility index (Phi) is 5.84. The van der Waals surface area contributed by atoms with E-state index in [2.05, 4.69) is 5.43 Å². The van der Waals surface area contributed by atoms with Crippen molar-refractivity contribution in [2.75, 3.05) is 11.5 Å². The van der Waals surface area contributed by atoms with E-state index in [9.17, 15) is 8.42 Å². The van der Waals surface area contributed by atoms with Gasteiger partial charge in [-0.05, 0) is 18.9 Å². The van der Waals surface area contributed by atoms with Crippen LogP contribution in [0.1, 0.15) is 44.1 Å². The fourth-order valence-electron chi connectivity index (χ4n) is 1.93. The summed E-state index contributed by atoms with van der Waals surface area (Å²) >= 11 is 0. The molecule has 6 heteroatoms. The molecule has 0 amide bonds. The second-order valence-electron chi connectivity index (χ2n) is 4.25. The number of sulfone groups is 1. The van der Waals surface area contributed by atoms with Gasteiger partial charge in [0, 0.05) is 23.8 Å². The Balaban J connectivity index is 2.58. The van der Waals surface area contributed by atoms with Crippen molar-refractivity contribution in [3.63, 3.8) is 0 Å². The fraction of sp³-hybridized carbons (Fsp3) is 0.667. The lowest BCUT2D eigenvalue weighted by atomic mass is 10.0. The van der Waals surface area contributed by atoms with Crippen molar-refractivity contribution in [2.45, 2.75) is 39.2 Å². The normalized spacial score (nSPS) is 13.7. The van der Waals surface area contributed by atoms with E-state index in [-0.39, 0.29) is 17.5 Å². The van der Waals surface area contributed by atoms with E-state index >= 15 is 0 Å². The van der Waals surface area contributed by atoms with Crippen LogP contribution in [-0.4, -0.2) is 19.9 Å². The minimum Gasteiger partial charge on any atom is -0.469 e. The van der Waals surface area contributed by atoms with Crippen molar-refractivity contribution in [1.29, 1.82) is 0 Å². The van der Waals surface area contributed by atoms with Crippen LogP contribution >= 0.6 is 0 Å². The van der Waals surface area contributed by atoms with Crippen LogP contribution in [-0.2, 0) is 16.3 Å². The molecule has 0 saturated heterocycles. The molecule has 0 aromatic carbocycles. The highest BCUT2D eigenvalue weighted by atomic mass is 32.2. The molecule has 1 unspecified atom stereocenters. The van der Waals surface area contributed by atoms with Crippen molar-refractivity contribution in [3.05, 3.63) is 23.7 Å². The summed E-state index contributed by atoms with van der Waals surface area (Å²) in [6.45, 7) is 3.68. The smallest absolute Gasteiger partial charge is 0.150 e. The maximum atomic E-state index is 11.4. The zero-order valence-corrected chi connectivity index (χ0v) is 11.8. The van der Waals surface area contributed by atoms with Crippen molar-refractivity contribution in [3.8, 4) is 0 Å². The fourth-order valence-corrected chi connectivity index (χ4v) is 2.82. The summed E-state index contributed by atoms with van der Waals surface area (Å²) in [4.78, 5) is 0. The lowest BCUT2D eigenvalue weighted by molar-refractivity contribution is 0.471. The molecular weight excluding hydrogens is 252 g/mol. The topological polar surface area (TPSA) is 85.3 Å². The number of furan rings is 1. The highest BCUT2D eigenvalue weighted by Crippen LogP contribution is 2.23. The third-order valence-corrected chi connectivity index (χ3v) is 4.86. The lowest BCUT2D eigenvalue weighted by Gasteiger charge is -2.15. The first kappa shape index (κ1) is 15.2. The highest BCUT2D eigenvalue weighted by Gasteiger charge is 2.17. The number of nitrogens with two attached hydrogens (primary N) is 1. The zero-order chi connectivity index (χ0) is 13.6. The van der Waals surface area contributed by atoms with Gasteiger partial charge in [0.05, 0.1) is 12.0 Å². The molecule has 0 aliphatic carbocycles. The Morgan fingerprint density at radius 3 is 2.72 bits per heavy atom. The summed E-state index contributed by atoms with van der Waals surface area (Å²) in [5, 5.41) is 0. The van der Waals surface area contributed by atoms with E-state index in [1.54, 1.807) is 13.2 Å². The van der Waals surface area contributed by atoms with E-state index in [1.165, 1.54) is 0 Å². The van der Waals surface area contributed by atoms with Crippen LogP contribution in [0.2, 0.25) is 0 Å². The second kappa shape index (κ2) is 6.92. The molecule has 0 aliphatic rings. The summed E-state index contributed by atoms with van der Waals surface area (Å²) in [5.74, 6) is 6.83. The van der Waals surface area contributed by atoms with Gasteiger partial charge in [-0.1, -0.05) is 13.8 Å². The number of rotatable bonds is 8. The summed E-state index contributed by atoms with van der Waals surface area (Å²) < 4.78 is 28.2. The third-order valence-electron chi connectivity index (χ3n) is 3.07. The molecule has 0 bridgehead atoms. The van der Waals surface area contributed by atoms with E-state index in [1.807, 2.05) is 13.0 Å². The predicted molar refractivity (Wildman–Crippen MR) is 71.7 cm³/mol. The molecule has 1 aromatic heterocycles. The number of nitrogens with one attached hydrogen (secondary N) is 1. The van der Waals surface area contributed by atoms with Crippen LogP contribution < -0.4 is 11.3 Å². The van der Waals surface area contributed by atoms with Gasteiger partial charge in [-0.2, -0.15) is 0 Å². The monoisotopic (exact) mass is 274 g/mol. The average molecular weight is 274 g/mol. The molecule has 18 heavy (non-hydrogen) atoms. The van der Waals surface area contributed by atoms with Crippen LogP contribution in [0.4, 0.5) is 0 Å². The molecule has 1 aromatic rings. The Morgan fingerprint density at radius 2 is 2.17 bits per heavy atom. The van der Waals surface area contributed by atoms with Gasteiger partial charge in [-0.25, -0.2) is 8.42 Å². The Labute approximate surface area is 109 Å².